The molecule has 3 heteroatoms. The highest BCUT2D eigenvalue weighted by molar-refractivity contribution is 5.28. The Balaban J connectivity index is 2.28. The first kappa shape index (κ1) is 8.10. The molecule has 0 aromatic heterocycles. The monoisotopic (exact) mass is 178 g/mol. The molecule has 0 radical (unpaired) electrons. The average molecular weight is 178 g/mol. The number of hydrogen-bond acceptors (Lipinski definition) is 3. The largest absolute Gasteiger partial charge is 0.504 e. The van der Waals surface area contributed by atoms with E-state index in [4.69, 9.17) is 9.84 Å². The smallest absolute Gasteiger partial charge is 0.220 e. The first-order valence-electron chi connectivity index (χ1n) is 4.26. The maximum Gasteiger partial charge on any atom is 0.220 e. The van der Waals surface area contributed by atoms with Crippen molar-refractivity contribution in [2.24, 2.45) is 0 Å². The summed E-state index contributed by atoms with van der Waals surface area (Å²) in [5.41, 5.74) is -0.384. The highest BCUT2D eigenvalue weighted by atomic mass is 16.5. The van der Waals surface area contributed by atoms with Gasteiger partial charge in [-0.15, -0.1) is 0 Å². The van der Waals surface area contributed by atoms with Crippen LogP contribution in [0, 0.1) is 0 Å². The summed E-state index contributed by atoms with van der Waals surface area (Å²) in [4.78, 5) is 11.0. The number of aromatic hydroxyl groups is 1. The van der Waals surface area contributed by atoms with Gasteiger partial charge in [-0.3, -0.25) is 4.79 Å². The van der Waals surface area contributed by atoms with Crippen molar-refractivity contribution in [3.63, 3.8) is 0 Å². The van der Waals surface area contributed by atoms with Crippen molar-refractivity contribution in [1.82, 2.24) is 0 Å². The van der Waals surface area contributed by atoms with E-state index >= 15 is 0 Å². The Bertz CT molecular complexity index is 369. The van der Waals surface area contributed by atoms with E-state index in [-0.39, 0.29) is 11.2 Å². The molecule has 1 saturated carbocycles. The van der Waals surface area contributed by atoms with E-state index < -0.39 is 0 Å². The fourth-order valence-corrected chi connectivity index (χ4v) is 0.999. The van der Waals surface area contributed by atoms with Gasteiger partial charge in [-0.25, -0.2) is 0 Å². The molecule has 0 unspecified atom stereocenters. The number of ether oxygens (including phenoxy) is 1. The predicted molar refractivity (Wildman–Crippen MR) is 48.0 cm³/mol. The summed E-state index contributed by atoms with van der Waals surface area (Å²) >= 11 is 0. The zero-order valence-corrected chi connectivity index (χ0v) is 7.06. The van der Waals surface area contributed by atoms with Crippen LogP contribution in [0.3, 0.4) is 0 Å². The zero-order valence-electron chi connectivity index (χ0n) is 7.06. The summed E-state index contributed by atoms with van der Waals surface area (Å²) in [6.07, 6.45) is 2.46. The number of rotatable bonds is 2. The molecule has 1 aliphatic carbocycles. The fraction of sp³-hybridized carbons (Fsp3) is 0.300. The van der Waals surface area contributed by atoms with Crippen molar-refractivity contribution >= 4 is 0 Å². The molecule has 13 heavy (non-hydrogen) atoms. The summed E-state index contributed by atoms with van der Waals surface area (Å²) in [6.45, 7) is 0. The summed E-state index contributed by atoms with van der Waals surface area (Å²) in [5.74, 6) is 0.394. The lowest BCUT2D eigenvalue weighted by molar-refractivity contribution is 0.303. The Morgan fingerprint density at radius 3 is 2.62 bits per heavy atom. The van der Waals surface area contributed by atoms with Crippen LogP contribution in [0.4, 0.5) is 0 Å². The van der Waals surface area contributed by atoms with Crippen molar-refractivity contribution < 1.29 is 9.84 Å². The fourth-order valence-electron chi connectivity index (χ4n) is 0.999. The van der Waals surface area contributed by atoms with Gasteiger partial charge in [-0.05, 0) is 37.1 Å². The topological polar surface area (TPSA) is 46.5 Å². The molecule has 0 aliphatic heterocycles. The lowest BCUT2D eigenvalue weighted by Crippen LogP contribution is -1.94. The van der Waals surface area contributed by atoms with E-state index in [1.807, 2.05) is 0 Å². The maximum absolute atomic E-state index is 11.0. The van der Waals surface area contributed by atoms with Crippen LogP contribution < -0.4 is 10.2 Å². The van der Waals surface area contributed by atoms with Crippen molar-refractivity contribution in [2.75, 3.05) is 0 Å². The summed E-state index contributed by atoms with van der Waals surface area (Å²) in [7, 11) is 0. The van der Waals surface area contributed by atoms with Crippen LogP contribution in [0.2, 0.25) is 0 Å². The first-order chi connectivity index (χ1) is 6.25. The molecule has 0 amide bonds. The molecule has 0 saturated heterocycles. The van der Waals surface area contributed by atoms with Gasteiger partial charge >= 0.3 is 0 Å². The van der Waals surface area contributed by atoms with Gasteiger partial charge in [0.05, 0.1) is 6.10 Å². The van der Waals surface area contributed by atoms with Gasteiger partial charge in [-0.1, -0.05) is 0 Å². The van der Waals surface area contributed by atoms with Gasteiger partial charge < -0.3 is 9.84 Å². The lowest BCUT2D eigenvalue weighted by atomic mass is 10.5. The Kier molecular flexibility index (Phi) is 1.93. The quantitative estimate of drug-likeness (QED) is 0.742. The van der Waals surface area contributed by atoms with Gasteiger partial charge in [0.1, 0.15) is 5.75 Å². The Labute approximate surface area is 75.6 Å². The normalized spacial score (nSPS) is 15.4. The minimum absolute atomic E-state index is 0.245. The van der Waals surface area contributed by atoms with Crippen molar-refractivity contribution in [3.8, 4) is 11.5 Å². The molecular weight excluding hydrogens is 168 g/mol. The van der Waals surface area contributed by atoms with E-state index in [1.54, 1.807) is 12.1 Å². The van der Waals surface area contributed by atoms with E-state index in [2.05, 4.69) is 0 Å². The Morgan fingerprint density at radius 1 is 1.23 bits per heavy atom. The van der Waals surface area contributed by atoms with Gasteiger partial charge in [0.25, 0.3) is 0 Å². The molecule has 0 heterocycles. The molecule has 68 valence electrons. The third kappa shape index (κ3) is 1.99. The predicted octanol–water partition coefficient (Wildman–Crippen LogP) is 1.29. The highest BCUT2D eigenvalue weighted by Gasteiger charge is 2.23. The molecule has 1 aromatic carbocycles. The van der Waals surface area contributed by atoms with Crippen molar-refractivity contribution in [2.45, 2.75) is 18.9 Å². The minimum Gasteiger partial charge on any atom is -0.504 e. The van der Waals surface area contributed by atoms with E-state index in [1.165, 1.54) is 12.1 Å². The second kappa shape index (κ2) is 3.09. The van der Waals surface area contributed by atoms with Crippen molar-refractivity contribution in [3.05, 3.63) is 34.5 Å². The van der Waals surface area contributed by atoms with Crippen molar-refractivity contribution in [1.29, 1.82) is 0 Å². The summed E-state index contributed by atoms with van der Waals surface area (Å²) in [6, 6.07) is 5.86. The molecule has 0 atom stereocenters. The zero-order chi connectivity index (χ0) is 9.26. The van der Waals surface area contributed by atoms with Crippen LogP contribution in [0.15, 0.2) is 29.1 Å². The minimum atomic E-state index is -0.384. The Hall–Kier alpha value is -1.51. The van der Waals surface area contributed by atoms with E-state index in [0.29, 0.717) is 11.9 Å². The van der Waals surface area contributed by atoms with Crippen LogP contribution in [-0.2, 0) is 0 Å². The highest BCUT2D eigenvalue weighted by Crippen LogP contribution is 2.26. The van der Waals surface area contributed by atoms with Gasteiger partial charge in [0.2, 0.25) is 5.43 Å². The first-order valence-corrected chi connectivity index (χ1v) is 4.26. The summed E-state index contributed by atoms with van der Waals surface area (Å²) in [5, 5.41) is 9.09. The molecule has 1 aromatic rings. The molecule has 1 aliphatic rings. The average Bonchev–Trinajstić information content (AvgIpc) is 2.91. The van der Waals surface area contributed by atoms with Gasteiger partial charge in [0, 0.05) is 0 Å². The maximum atomic E-state index is 11.0. The number of hydrogen-bond donors (Lipinski definition) is 1. The molecule has 0 spiro atoms. The third-order valence-electron chi connectivity index (χ3n) is 1.88. The van der Waals surface area contributed by atoms with Crippen LogP contribution >= 0.6 is 0 Å². The molecule has 0 bridgehead atoms. The third-order valence-corrected chi connectivity index (χ3v) is 1.88. The molecule has 2 rings (SSSR count). The molecule has 1 N–H and O–H groups in total. The second-order valence-corrected chi connectivity index (χ2v) is 3.14. The molecule has 3 nitrogen and oxygen atoms in total. The van der Waals surface area contributed by atoms with E-state index in [0.717, 1.165) is 12.8 Å². The van der Waals surface area contributed by atoms with Crippen LogP contribution in [-0.4, -0.2) is 11.2 Å². The molecule has 1 fully saturated rings. The SMILES string of the molecule is O=c1ccc(OC2CC2)ccc1O. The molecular formula is C10H10O3. The second-order valence-electron chi connectivity index (χ2n) is 3.14. The van der Waals surface area contributed by atoms with Gasteiger partial charge in [-0.2, -0.15) is 0 Å². The lowest BCUT2D eigenvalue weighted by Gasteiger charge is -1.99. The van der Waals surface area contributed by atoms with E-state index in [9.17, 15) is 4.79 Å². The van der Waals surface area contributed by atoms with Gasteiger partial charge in [0.15, 0.2) is 5.75 Å². The summed E-state index contributed by atoms with van der Waals surface area (Å²) < 4.78 is 5.45. The Morgan fingerprint density at radius 2 is 1.92 bits per heavy atom. The van der Waals surface area contributed by atoms with Crippen LogP contribution in [0.25, 0.3) is 0 Å². The van der Waals surface area contributed by atoms with Crippen LogP contribution in [0.5, 0.6) is 11.5 Å². The standard InChI is InChI=1S/C10H10O3/c11-9-5-3-8(4-6-10(9)12)13-7-1-2-7/h3-7H,1-2H2,(H,11,12). The van der Waals surface area contributed by atoms with Crippen LogP contribution in [0.1, 0.15) is 12.8 Å².